The molecular formula is C32H31ClN2O9S. The van der Waals surface area contributed by atoms with Crippen molar-refractivity contribution in [2.45, 2.75) is 42.4 Å². The third-order valence-corrected chi connectivity index (χ3v) is 8.09. The van der Waals surface area contributed by atoms with E-state index >= 15 is 0 Å². The highest BCUT2D eigenvalue weighted by atomic mass is 35.5. The molecule has 0 bridgehead atoms. The van der Waals surface area contributed by atoms with Gasteiger partial charge in [-0.05, 0) is 86.0 Å². The number of halogens is 1. The highest BCUT2D eigenvalue weighted by Gasteiger charge is 2.35. The minimum Gasteiger partial charge on any atom is -0.481 e. The molecule has 1 aliphatic rings. The zero-order valence-electron chi connectivity index (χ0n) is 24.2. The highest BCUT2D eigenvalue weighted by molar-refractivity contribution is 7.99. The number of nitrogens with one attached hydrogen (secondary N) is 1. The van der Waals surface area contributed by atoms with Gasteiger partial charge in [-0.2, -0.15) is 0 Å². The lowest BCUT2D eigenvalue weighted by molar-refractivity contribution is -0.384. The Morgan fingerprint density at radius 2 is 1.64 bits per heavy atom. The van der Waals surface area contributed by atoms with E-state index in [1.807, 2.05) is 12.1 Å². The number of aliphatic carboxylic acids is 2. The molecule has 45 heavy (non-hydrogen) atoms. The lowest BCUT2D eigenvalue weighted by atomic mass is 9.78. The van der Waals surface area contributed by atoms with Crippen molar-refractivity contribution >= 4 is 64.6 Å². The second-order valence-corrected chi connectivity index (χ2v) is 11.4. The molecule has 0 aliphatic heterocycles. The molecule has 1 saturated carbocycles. The van der Waals surface area contributed by atoms with E-state index in [0.717, 1.165) is 23.8 Å². The van der Waals surface area contributed by atoms with E-state index in [1.54, 1.807) is 49.4 Å². The lowest BCUT2D eigenvalue weighted by Gasteiger charge is -2.27. The first-order valence-electron chi connectivity index (χ1n) is 13.9. The number of nitro groups is 1. The summed E-state index contributed by atoms with van der Waals surface area (Å²) >= 11 is 7.20. The van der Waals surface area contributed by atoms with Crippen LogP contribution in [0.25, 0.3) is 6.08 Å². The summed E-state index contributed by atoms with van der Waals surface area (Å²) in [6.45, 7) is 2.03. The van der Waals surface area contributed by atoms with Crippen molar-refractivity contribution in [1.29, 1.82) is 0 Å². The van der Waals surface area contributed by atoms with Gasteiger partial charge in [0.15, 0.2) is 0 Å². The smallest absolute Gasteiger partial charge is 0.338 e. The fourth-order valence-corrected chi connectivity index (χ4v) is 5.58. The van der Waals surface area contributed by atoms with Gasteiger partial charge in [-0.15, -0.1) is 0 Å². The van der Waals surface area contributed by atoms with Crippen molar-refractivity contribution in [2.75, 3.05) is 11.9 Å². The summed E-state index contributed by atoms with van der Waals surface area (Å²) in [6.07, 6.45) is 5.12. The molecule has 0 saturated heterocycles. The Hall–Kier alpha value is -4.68. The van der Waals surface area contributed by atoms with Crippen LogP contribution in [0.2, 0.25) is 5.02 Å². The molecule has 0 radical (unpaired) electrons. The number of nitro benzene ring substituents is 1. The number of non-ortho nitro benzene ring substituents is 1. The first-order chi connectivity index (χ1) is 21.5. The van der Waals surface area contributed by atoms with Crippen LogP contribution in [0.1, 0.15) is 48.5 Å². The number of ether oxygens (including phenoxy) is 1. The van der Waals surface area contributed by atoms with Crippen molar-refractivity contribution < 1.29 is 39.1 Å². The Balaban J connectivity index is 0.000000246. The van der Waals surface area contributed by atoms with Gasteiger partial charge >= 0.3 is 17.9 Å². The van der Waals surface area contributed by atoms with E-state index in [9.17, 15) is 34.4 Å². The van der Waals surface area contributed by atoms with Crippen molar-refractivity contribution in [1.82, 2.24) is 0 Å². The van der Waals surface area contributed by atoms with Gasteiger partial charge in [0, 0.05) is 38.7 Å². The molecule has 236 valence electrons. The molecule has 3 aromatic rings. The van der Waals surface area contributed by atoms with Crippen LogP contribution in [0.4, 0.5) is 11.4 Å². The van der Waals surface area contributed by atoms with Crippen LogP contribution in [-0.4, -0.2) is 45.6 Å². The summed E-state index contributed by atoms with van der Waals surface area (Å²) in [5.41, 5.74) is 1.32. The van der Waals surface area contributed by atoms with Crippen molar-refractivity contribution in [3.05, 3.63) is 99.1 Å². The normalized spacial score (nSPS) is 15.8. The van der Waals surface area contributed by atoms with E-state index in [2.05, 4.69) is 5.32 Å². The van der Waals surface area contributed by atoms with Gasteiger partial charge in [-0.25, -0.2) is 9.59 Å². The molecule has 2 atom stereocenters. The van der Waals surface area contributed by atoms with Gasteiger partial charge in [-0.3, -0.25) is 19.7 Å². The molecule has 4 rings (SSSR count). The molecular weight excluding hydrogens is 624 g/mol. The van der Waals surface area contributed by atoms with Crippen molar-refractivity contribution in [3.8, 4) is 0 Å². The SMILES string of the molecule is CCOC(=O)c1ccc(NC(=O)[C@@H]2CCCC[C@@H]2C(=O)O)cc1.O=C(O)/C=C/c1cc([N+](=O)[O-])ccc1Sc1ccc(Cl)cc1. The summed E-state index contributed by atoms with van der Waals surface area (Å²) in [7, 11) is 0. The fourth-order valence-electron chi connectivity index (χ4n) is 4.54. The van der Waals surface area contributed by atoms with Crippen molar-refractivity contribution in [2.24, 2.45) is 11.8 Å². The maximum absolute atomic E-state index is 12.3. The van der Waals surface area contributed by atoms with Crippen LogP contribution in [-0.2, 0) is 19.1 Å². The topological polar surface area (TPSA) is 173 Å². The Kier molecular flexibility index (Phi) is 13.1. The second kappa shape index (κ2) is 17.0. The Labute approximate surface area is 268 Å². The number of hydrogen-bond acceptors (Lipinski definition) is 8. The number of rotatable bonds is 10. The molecule has 3 N–H and O–H groups in total. The number of carbonyl (C=O) groups excluding carboxylic acids is 2. The first kappa shape index (κ1) is 34.8. The van der Waals surface area contributed by atoms with Crippen LogP contribution in [0.15, 0.2) is 82.6 Å². The highest BCUT2D eigenvalue weighted by Crippen LogP contribution is 2.34. The summed E-state index contributed by atoms with van der Waals surface area (Å²) in [5.74, 6) is -3.85. The second-order valence-electron chi connectivity index (χ2n) is 9.83. The maximum atomic E-state index is 12.3. The summed E-state index contributed by atoms with van der Waals surface area (Å²) in [5, 5.41) is 32.2. The minimum atomic E-state index is -1.12. The summed E-state index contributed by atoms with van der Waals surface area (Å²) in [6, 6.07) is 17.8. The number of anilines is 1. The molecule has 0 heterocycles. The standard InChI is InChI=1S/C17H21NO5.C15H10ClNO4S/c1-2-23-17(22)11-7-9-12(10-8-11)18-15(19)13-5-3-4-6-14(13)16(20)21;16-11-2-5-13(6-3-11)22-14-7-4-12(17(20)21)9-10(14)1-8-15(18)19/h7-10,13-14H,2-6H2,1H3,(H,18,19)(H,20,21);1-9H,(H,18,19)/b;8-1+/t13-,14+;/m1./s1. The van der Waals surface area contributed by atoms with Crippen LogP contribution in [0.5, 0.6) is 0 Å². The van der Waals surface area contributed by atoms with Crippen LogP contribution < -0.4 is 5.32 Å². The van der Waals surface area contributed by atoms with Crippen molar-refractivity contribution in [3.63, 3.8) is 0 Å². The minimum absolute atomic E-state index is 0.0921. The van der Waals surface area contributed by atoms with E-state index in [4.69, 9.17) is 21.4 Å². The van der Waals surface area contributed by atoms with Gasteiger partial charge in [0.1, 0.15) is 0 Å². The fraction of sp³-hybridized carbons (Fsp3) is 0.250. The van der Waals surface area contributed by atoms with E-state index < -0.39 is 34.7 Å². The average molecular weight is 655 g/mol. The number of benzene rings is 3. The Morgan fingerprint density at radius 3 is 2.22 bits per heavy atom. The van der Waals surface area contributed by atoms with Gasteiger partial charge in [0.05, 0.1) is 28.9 Å². The molecule has 11 nitrogen and oxygen atoms in total. The number of carboxylic acids is 2. The Morgan fingerprint density at radius 1 is 1.00 bits per heavy atom. The predicted octanol–water partition coefficient (Wildman–Crippen LogP) is 7.19. The largest absolute Gasteiger partial charge is 0.481 e. The molecule has 1 fully saturated rings. The van der Waals surface area contributed by atoms with Crippen LogP contribution in [0.3, 0.4) is 0 Å². The molecule has 1 aliphatic carbocycles. The third kappa shape index (κ3) is 10.8. The van der Waals surface area contributed by atoms with Crippen LogP contribution in [0, 0.1) is 22.0 Å². The summed E-state index contributed by atoms with van der Waals surface area (Å²) < 4.78 is 4.89. The predicted molar refractivity (Wildman–Crippen MR) is 169 cm³/mol. The van der Waals surface area contributed by atoms with E-state index in [-0.39, 0.29) is 11.6 Å². The number of carboxylic acid groups (broad SMARTS) is 2. The number of esters is 1. The van der Waals surface area contributed by atoms with E-state index in [1.165, 1.54) is 30.0 Å². The monoisotopic (exact) mass is 654 g/mol. The number of hydrogen-bond donors (Lipinski definition) is 3. The average Bonchev–Trinajstić information content (AvgIpc) is 3.02. The number of carbonyl (C=O) groups is 4. The third-order valence-electron chi connectivity index (χ3n) is 6.73. The zero-order chi connectivity index (χ0) is 32.9. The molecule has 3 aromatic carbocycles. The van der Waals surface area contributed by atoms with Gasteiger partial charge in [0.25, 0.3) is 5.69 Å². The quantitative estimate of drug-likeness (QED) is 0.0878. The zero-order valence-corrected chi connectivity index (χ0v) is 25.8. The molecule has 0 unspecified atom stereocenters. The van der Waals surface area contributed by atoms with Gasteiger partial charge < -0.3 is 20.3 Å². The molecule has 1 amide bonds. The number of amides is 1. The first-order valence-corrected chi connectivity index (χ1v) is 15.1. The van der Waals surface area contributed by atoms with E-state index in [0.29, 0.717) is 46.2 Å². The summed E-state index contributed by atoms with van der Waals surface area (Å²) in [4.78, 5) is 57.8. The molecule has 0 spiro atoms. The maximum Gasteiger partial charge on any atom is 0.338 e. The number of nitrogens with zero attached hydrogens (tertiary/aromatic N) is 1. The molecule has 13 heteroatoms. The van der Waals surface area contributed by atoms with Crippen LogP contribution >= 0.6 is 23.4 Å². The van der Waals surface area contributed by atoms with Gasteiger partial charge in [0.2, 0.25) is 5.91 Å². The molecule has 0 aromatic heterocycles. The Bertz CT molecular complexity index is 1560. The van der Waals surface area contributed by atoms with Gasteiger partial charge in [-0.1, -0.05) is 36.2 Å². The lowest BCUT2D eigenvalue weighted by Crippen LogP contribution is -2.36.